The SMILES string of the molecule is C=CCN(Cc1cccs1)C(=O)CCc1ccc(OC)c(OC)c1OC. The third kappa shape index (κ3) is 4.79. The van der Waals surface area contributed by atoms with E-state index in [0.717, 1.165) is 10.4 Å². The summed E-state index contributed by atoms with van der Waals surface area (Å²) in [6.45, 7) is 4.89. The number of hydrogen-bond acceptors (Lipinski definition) is 5. The molecule has 6 heteroatoms. The molecule has 5 nitrogen and oxygen atoms in total. The second-order valence-corrected chi connectivity index (χ2v) is 6.67. The van der Waals surface area contributed by atoms with Crippen LogP contribution in [-0.2, 0) is 17.8 Å². The van der Waals surface area contributed by atoms with E-state index in [1.807, 2.05) is 34.5 Å². The second kappa shape index (κ2) is 9.87. The Kier molecular flexibility index (Phi) is 7.53. The Morgan fingerprint density at radius 1 is 1.15 bits per heavy atom. The van der Waals surface area contributed by atoms with E-state index in [1.54, 1.807) is 38.7 Å². The van der Waals surface area contributed by atoms with Crippen molar-refractivity contribution in [3.63, 3.8) is 0 Å². The molecule has 1 amide bonds. The van der Waals surface area contributed by atoms with Crippen molar-refractivity contribution in [2.45, 2.75) is 19.4 Å². The van der Waals surface area contributed by atoms with Crippen LogP contribution < -0.4 is 14.2 Å². The normalized spacial score (nSPS) is 10.3. The number of methoxy groups -OCH3 is 3. The van der Waals surface area contributed by atoms with Crippen LogP contribution in [0, 0.1) is 0 Å². The lowest BCUT2D eigenvalue weighted by molar-refractivity contribution is -0.131. The van der Waals surface area contributed by atoms with Crippen molar-refractivity contribution in [3.8, 4) is 17.2 Å². The molecule has 0 aliphatic rings. The molecule has 1 heterocycles. The summed E-state index contributed by atoms with van der Waals surface area (Å²) in [6.07, 6.45) is 2.69. The van der Waals surface area contributed by atoms with E-state index in [0.29, 0.717) is 43.2 Å². The zero-order valence-electron chi connectivity index (χ0n) is 15.5. The van der Waals surface area contributed by atoms with Gasteiger partial charge in [-0.2, -0.15) is 0 Å². The summed E-state index contributed by atoms with van der Waals surface area (Å²) in [4.78, 5) is 15.7. The third-order valence-corrected chi connectivity index (χ3v) is 4.88. The van der Waals surface area contributed by atoms with Crippen LogP contribution in [0.2, 0.25) is 0 Å². The van der Waals surface area contributed by atoms with Crippen molar-refractivity contribution in [1.82, 2.24) is 4.90 Å². The van der Waals surface area contributed by atoms with Gasteiger partial charge in [0.1, 0.15) is 0 Å². The van der Waals surface area contributed by atoms with Gasteiger partial charge in [0.15, 0.2) is 11.5 Å². The molecule has 0 saturated carbocycles. The molecule has 0 aliphatic heterocycles. The van der Waals surface area contributed by atoms with Crippen molar-refractivity contribution in [1.29, 1.82) is 0 Å². The first kappa shape index (κ1) is 19.8. The zero-order chi connectivity index (χ0) is 18.9. The molecule has 0 fully saturated rings. The average Bonchev–Trinajstić information content (AvgIpc) is 3.17. The van der Waals surface area contributed by atoms with Crippen LogP contribution in [-0.4, -0.2) is 38.7 Å². The number of hydrogen-bond donors (Lipinski definition) is 0. The fraction of sp³-hybridized carbons (Fsp3) is 0.350. The van der Waals surface area contributed by atoms with Crippen molar-refractivity contribution in [2.75, 3.05) is 27.9 Å². The number of carbonyl (C=O) groups excluding carboxylic acids is 1. The molecular weight excluding hydrogens is 350 g/mol. The highest BCUT2D eigenvalue weighted by Gasteiger charge is 2.18. The van der Waals surface area contributed by atoms with Crippen molar-refractivity contribution in [3.05, 3.63) is 52.7 Å². The number of carbonyl (C=O) groups is 1. The number of ether oxygens (including phenoxy) is 3. The van der Waals surface area contributed by atoms with E-state index in [4.69, 9.17) is 14.2 Å². The summed E-state index contributed by atoms with van der Waals surface area (Å²) in [5.74, 6) is 1.83. The molecular formula is C20H25NO4S. The van der Waals surface area contributed by atoms with E-state index < -0.39 is 0 Å². The zero-order valence-corrected chi connectivity index (χ0v) is 16.3. The van der Waals surface area contributed by atoms with Gasteiger partial charge in [-0.25, -0.2) is 0 Å². The van der Waals surface area contributed by atoms with Gasteiger partial charge in [0.2, 0.25) is 11.7 Å². The standard InChI is InChI=1S/C20H25NO4S/c1-5-12-21(14-16-7-6-13-26-16)18(22)11-9-15-8-10-17(23-2)20(25-4)19(15)24-3/h5-8,10,13H,1,9,11-12,14H2,2-4H3. The lowest BCUT2D eigenvalue weighted by Crippen LogP contribution is -2.30. The first-order valence-electron chi connectivity index (χ1n) is 8.33. The molecule has 0 atom stereocenters. The average molecular weight is 375 g/mol. The largest absolute Gasteiger partial charge is 0.493 e. The number of nitrogens with zero attached hydrogens (tertiary/aromatic N) is 1. The Morgan fingerprint density at radius 2 is 1.92 bits per heavy atom. The minimum Gasteiger partial charge on any atom is -0.493 e. The molecule has 140 valence electrons. The smallest absolute Gasteiger partial charge is 0.223 e. The summed E-state index contributed by atoms with van der Waals surface area (Å²) in [5, 5.41) is 2.01. The molecule has 0 bridgehead atoms. The topological polar surface area (TPSA) is 48.0 Å². The Hall–Kier alpha value is -2.47. The summed E-state index contributed by atoms with van der Waals surface area (Å²) in [7, 11) is 4.74. The first-order valence-corrected chi connectivity index (χ1v) is 9.21. The highest BCUT2D eigenvalue weighted by atomic mass is 32.1. The molecule has 0 N–H and O–H groups in total. The Morgan fingerprint density at radius 3 is 2.50 bits per heavy atom. The van der Waals surface area contributed by atoms with Crippen molar-refractivity contribution >= 4 is 17.2 Å². The Balaban J connectivity index is 2.10. The minimum absolute atomic E-state index is 0.0788. The van der Waals surface area contributed by atoms with Crippen LogP contribution in [0.1, 0.15) is 16.9 Å². The van der Waals surface area contributed by atoms with Crippen LogP contribution >= 0.6 is 11.3 Å². The highest BCUT2D eigenvalue weighted by molar-refractivity contribution is 7.09. The summed E-state index contributed by atoms with van der Waals surface area (Å²) >= 11 is 1.65. The Bertz CT molecular complexity index is 728. The summed E-state index contributed by atoms with van der Waals surface area (Å²) in [6, 6.07) is 7.76. The van der Waals surface area contributed by atoms with Gasteiger partial charge in [0, 0.05) is 17.8 Å². The van der Waals surface area contributed by atoms with Gasteiger partial charge >= 0.3 is 0 Å². The first-order chi connectivity index (χ1) is 12.6. The Labute approximate surface area is 158 Å². The maximum atomic E-state index is 12.7. The van der Waals surface area contributed by atoms with E-state index in [2.05, 4.69) is 6.58 Å². The number of aryl methyl sites for hydroxylation is 1. The quantitative estimate of drug-likeness (QED) is 0.591. The van der Waals surface area contributed by atoms with Gasteiger partial charge in [0.05, 0.1) is 27.9 Å². The molecule has 2 aromatic rings. The molecule has 1 aromatic carbocycles. The maximum absolute atomic E-state index is 12.7. The van der Waals surface area contributed by atoms with Crippen LogP contribution in [0.5, 0.6) is 17.2 Å². The van der Waals surface area contributed by atoms with Gasteiger partial charge in [-0.1, -0.05) is 18.2 Å². The highest BCUT2D eigenvalue weighted by Crippen LogP contribution is 2.40. The van der Waals surface area contributed by atoms with Gasteiger partial charge in [-0.15, -0.1) is 17.9 Å². The van der Waals surface area contributed by atoms with Crippen molar-refractivity contribution < 1.29 is 19.0 Å². The minimum atomic E-state index is 0.0788. The summed E-state index contributed by atoms with van der Waals surface area (Å²) in [5.41, 5.74) is 0.910. The second-order valence-electron chi connectivity index (χ2n) is 5.64. The van der Waals surface area contributed by atoms with Gasteiger partial charge < -0.3 is 19.1 Å². The third-order valence-electron chi connectivity index (χ3n) is 4.02. The number of thiophene rings is 1. The van der Waals surface area contributed by atoms with Crippen LogP contribution in [0.15, 0.2) is 42.3 Å². The molecule has 0 unspecified atom stereocenters. The molecule has 0 aliphatic carbocycles. The molecule has 0 radical (unpaired) electrons. The van der Waals surface area contributed by atoms with Gasteiger partial charge in [-0.05, 0) is 29.5 Å². The predicted molar refractivity (Wildman–Crippen MR) is 104 cm³/mol. The van der Waals surface area contributed by atoms with E-state index in [9.17, 15) is 4.79 Å². The van der Waals surface area contributed by atoms with E-state index in [1.165, 1.54) is 0 Å². The van der Waals surface area contributed by atoms with Crippen LogP contribution in [0.4, 0.5) is 0 Å². The molecule has 2 rings (SSSR count). The van der Waals surface area contributed by atoms with Crippen molar-refractivity contribution in [2.24, 2.45) is 0 Å². The fourth-order valence-electron chi connectivity index (χ4n) is 2.76. The van der Waals surface area contributed by atoms with E-state index >= 15 is 0 Å². The number of benzene rings is 1. The lowest BCUT2D eigenvalue weighted by atomic mass is 10.1. The monoisotopic (exact) mass is 375 g/mol. The molecule has 26 heavy (non-hydrogen) atoms. The fourth-order valence-corrected chi connectivity index (χ4v) is 3.48. The van der Waals surface area contributed by atoms with Gasteiger partial charge in [0.25, 0.3) is 0 Å². The molecule has 1 aromatic heterocycles. The molecule has 0 saturated heterocycles. The predicted octanol–water partition coefficient (Wildman–Crippen LogP) is 3.92. The van der Waals surface area contributed by atoms with Gasteiger partial charge in [-0.3, -0.25) is 4.79 Å². The van der Waals surface area contributed by atoms with Crippen LogP contribution in [0.3, 0.4) is 0 Å². The lowest BCUT2D eigenvalue weighted by Gasteiger charge is -2.21. The molecule has 0 spiro atoms. The van der Waals surface area contributed by atoms with Crippen LogP contribution in [0.25, 0.3) is 0 Å². The van der Waals surface area contributed by atoms with E-state index in [-0.39, 0.29) is 5.91 Å². The number of amides is 1. The number of rotatable bonds is 10. The maximum Gasteiger partial charge on any atom is 0.223 e. The summed E-state index contributed by atoms with van der Waals surface area (Å²) < 4.78 is 16.2.